The topological polar surface area (TPSA) is 99.1 Å². The molecule has 0 saturated carbocycles. The lowest BCUT2D eigenvalue weighted by Crippen LogP contribution is -2.26. The van der Waals surface area contributed by atoms with Gasteiger partial charge in [-0.1, -0.05) is 11.6 Å². The van der Waals surface area contributed by atoms with E-state index in [-0.39, 0.29) is 34.8 Å². The molecule has 1 aromatic rings. The van der Waals surface area contributed by atoms with E-state index in [9.17, 15) is 19.5 Å². The molecule has 0 heterocycles. The quantitative estimate of drug-likeness (QED) is 0.509. The van der Waals surface area contributed by atoms with Crippen LogP contribution in [0.5, 0.6) is 11.5 Å². The summed E-state index contributed by atoms with van der Waals surface area (Å²) in [7, 11) is 2.78. The lowest BCUT2D eigenvalue weighted by Gasteiger charge is -2.25. The highest BCUT2D eigenvalue weighted by atomic mass is 16.5. The van der Waals surface area contributed by atoms with E-state index in [2.05, 4.69) is 0 Å². The highest BCUT2D eigenvalue weighted by molar-refractivity contribution is 6.24. The summed E-state index contributed by atoms with van der Waals surface area (Å²) in [6, 6.07) is 1.56. The number of ether oxygens (including phenoxy) is 3. The second-order valence-corrected chi connectivity index (χ2v) is 8.00. The fourth-order valence-electron chi connectivity index (χ4n) is 3.21. The van der Waals surface area contributed by atoms with E-state index in [4.69, 9.17) is 14.2 Å². The summed E-state index contributed by atoms with van der Waals surface area (Å²) in [5, 5.41) is 9.95. The molecule has 0 radical (unpaired) electrons. The van der Waals surface area contributed by atoms with E-state index in [1.165, 1.54) is 40.2 Å². The van der Waals surface area contributed by atoms with Gasteiger partial charge in [0.2, 0.25) is 0 Å². The summed E-state index contributed by atoms with van der Waals surface area (Å²) in [6.45, 7) is 6.84. The number of allylic oxidation sites excluding steroid dienone is 3. The van der Waals surface area contributed by atoms with Crippen LogP contribution in [0.15, 0.2) is 29.9 Å². The van der Waals surface area contributed by atoms with E-state index in [0.717, 1.165) is 5.57 Å². The summed E-state index contributed by atoms with van der Waals surface area (Å²) >= 11 is 0. The van der Waals surface area contributed by atoms with Gasteiger partial charge in [0, 0.05) is 12.0 Å². The molecule has 162 valence electrons. The first-order chi connectivity index (χ1) is 14.0. The van der Waals surface area contributed by atoms with Crippen LogP contribution in [-0.4, -0.2) is 42.5 Å². The van der Waals surface area contributed by atoms with Crippen molar-refractivity contribution in [2.45, 2.75) is 52.2 Å². The van der Waals surface area contributed by atoms with Crippen LogP contribution in [0, 0.1) is 0 Å². The monoisotopic (exact) mass is 416 g/mol. The standard InChI is InChI=1S/C23H28O7/c1-13(2)7-10-17(30-19(26)12-23(3,4)27)14-11-18(28-5)20-15(24)8-9-16(25)21(20)22(14)29-6/h7-9,11,17,27H,10,12H2,1-6H3/t17-/m0/s1. The van der Waals surface area contributed by atoms with Crippen molar-refractivity contribution in [3.05, 3.63) is 46.6 Å². The molecule has 1 aliphatic rings. The van der Waals surface area contributed by atoms with Gasteiger partial charge in [0.15, 0.2) is 11.6 Å². The highest BCUT2D eigenvalue weighted by Gasteiger charge is 2.33. The van der Waals surface area contributed by atoms with Crippen molar-refractivity contribution in [3.63, 3.8) is 0 Å². The minimum atomic E-state index is -1.23. The maximum absolute atomic E-state index is 12.6. The molecule has 0 aliphatic heterocycles. The lowest BCUT2D eigenvalue weighted by atomic mass is 9.88. The van der Waals surface area contributed by atoms with Crippen LogP contribution in [0.25, 0.3) is 0 Å². The van der Waals surface area contributed by atoms with Gasteiger partial charge in [-0.3, -0.25) is 14.4 Å². The van der Waals surface area contributed by atoms with Crippen LogP contribution < -0.4 is 9.47 Å². The second kappa shape index (κ2) is 9.26. The molecule has 1 atom stereocenters. The van der Waals surface area contributed by atoms with Crippen LogP contribution in [0.1, 0.15) is 72.9 Å². The largest absolute Gasteiger partial charge is 0.496 e. The zero-order chi connectivity index (χ0) is 22.6. The number of benzene rings is 1. The summed E-state index contributed by atoms with van der Waals surface area (Å²) in [6.07, 6.45) is 3.56. The van der Waals surface area contributed by atoms with E-state index >= 15 is 0 Å². The van der Waals surface area contributed by atoms with E-state index in [0.29, 0.717) is 12.0 Å². The number of carbonyl (C=O) groups excluding carboxylic acids is 3. The summed E-state index contributed by atoms with van der Waals surface area (Å²) < 4.78 is 16.5. The molecule has 0 fully saturated rings. The Morgan fingerprint density at radius 2 is 1.70 bits per heavy atom. The number of hydrogen-bond acceptors (Lipinski definition) is 7. The SMILES string of the molecule is COc1cc([C@H](CC=C(C)C)OC(=O)CC(C)(C)O)c(OC)c2c1C(=O)C=CC2=O. The number of methoxy groups -OCH3 is 2. The molecule has 7 nitrogen and oxygen atoms in total. The number of carbonyl (C=O) groups is 3. The molecule has 0 aromatic heterocycles. The van der Waals surface area contributed by atoms with E-state index in [1.54, 1.807) is 6.07 Å². The van der Waals surface area contributed by atoms with Gasteiger partial charge in [0.25, 0.3) is 0 Å². The first-order valence-electron chi connectivity index (χ1n) is 9.59. The van der Waals surface area contributed by atoms with Gasteiger partial charge in [0.05, 0.1) is 37.4 Å². The van der Waals surface area contributed by atoms with Crippen LogP contribution in [0.4, 0.5) is 0 Å². The van der Waals surface area contributed by atoms with E-state index in [1.807, 2.05) is 19.9 Å². The number of ketones is 2. The molecule has 0 spiro atoms. The lowest BCUT2D eigenvalue weighted by molar-refractivity contribution is -0.153. The fourth-order valence-corrected chi connectivity index (χ4v) is 3.21. The number of esters is 1. The normalized spacial score (nSPS) is 14.1. The Kier molecular flexibility index (Phi) is 7.21. The molecule has 0 bridgehead atoms. The van der Waals surface area contributed by atoms with Crippen LogP contribution in [0.3, 0.4) is 0 Å². The maximum atomic E-state index is 12.6. The van der Waals surface area contributed by atoms with Gasteiger partial charge in [-0.2, -0.15) is 0 Å². The second-order valence-electron chi connectivity index (χ2n) is 8.00. The van der Waals surface area contributed by atoms with Gasteiger partial charge < -0.3 is 19.3 Å². The van der Waals surface area contributed by atoms with Gasteiger partial charge >= 0.3 is 5.97 Å². The summed E-state index contributed by atoms with van der Waals surface area (Å²) in [5.41, 5.74) is 0.389. The van der Waals surface area contributed by atoms with Crippen molar-refractivity contribution < 1.29 is 33.7 Å². The van der Waals surface area contributed by atoms with Crippen molar-refractivity contribution in [3.8, 4) is 11.5 Å². The van der Waals surface area contributed by atoms with Crippen LogP contribution >= 0.6 is 0 Å². The van der Waals surface area contributed by atoms with Crippen LogP contribution in [-0.2, 0) is 9.53 Å². The van der Waals surface area contributed by atoms with Gasteiger partial charge in [-0.25, -0.2) is 0 Å². The molecular formula is C23H28O7. The molecule has 30 heavy (non-hydrogen) atoms. The molecule has 1 aromatic carbocycles. The molecule has 7 heteroatoms. The molecule has 2 rings (SSSR count). The van der Waals surface area contributed by atoms with Crippen LogP contribution in [0.2, 0.25) is 0 Å². The summed E-state index contributed by atoms with van der Waals surface area (Å²) in [5.74, 6) is -1.01. The average Bonchev–Trinajstić information content (AvgIpc) is 2.64. The van der Waals surface area contributed by atoms with Crippen molar-refractivity contribution in [1.82, 2.24) is 0 Å². The first kappa shape index (κ1) is 23.3. The Bertz CT molecular complexity index is 912. The first-order valence-corrected chi connectivity index (χ1v) is 9.59. The van der Waals surface area contributed by atoms with Crippen molar-refractivity contribution in [1.29, 1.82) is 0 Å². The molecule has 0 saturated heterocycles. The minimum Gasteiger partial charge on any atom is -0.496 e. The van der Waals surface area contributed by atoms with Gasteiger partial charge in [0.1, 0.15) is 17.6 Å². The number of aliphatic hydroxyl groups is 1. The zero-order valence-corrected chi connectivity index (χ0v) is 18.2. The molecule has 0 amide bonds. The summed E-state index contributed by atoms with van der Waals surface area (Å²) in [4.78, 5) is 37.5. The Morgan fingerprint density at radius 3 is 2.20 bits per heavy atom. The highest BCUT2D eigenvalue weighted by Crippen LogP contribution is 2.42. The smallest absolute Gasteiger partial charge is 0.309 e. The average molecular weight is 416 g/mol. The van der Waals surface area contributed by atoms with Crippen molar-refractivity contribution in [2.75, 3.05) is 14.2 Å². The van der Waals surface area contributed by atoms with Gasteiger partial charge in [-0.15, -0.1) is 0 Å². The number of fused-ring (bicyclic) bond motifs is 1. The number of hydrogen-bond donors (Lipinski definition) is 1. The number of rotatable bonds is 8. The maximum Gasteiger partial charge on any atom is 0.309 e. The Balaban J connectivity index is 2.64. The molecular weight excluding hydrogens is 388 g/mol. The van der Waals surface area contributed by atoms with Gasteiger partial charge in [-0.05, 0) is 45.9 Å². The zero-order valence-electron chi connectivity index (χ0n) is 18.2. The molecule has 1 N–H and O–H groups in total. The Morgan fingerprint density at radius 1 is 1.10 bits per heavy atom. The minimum absolute atomic E-state index is 0.0834. The third-order valence-electron chi connectivity index (χ3n) is 4.51. The third kappa shape index (κ3) is 5.36. The molecule has 1 aliphatic carbocycles. The Hall–Kier alpha value is -2.93. The molecule has 0 unspecified atom stereocenters. The van der Waals surface area contributed by atoms with Crippen molar-refractivity contribution in [2.24, 2.45) is 0 Å². The predicted molar refractivity (Wildman–Crippen MR) is 111 cm³/mol. The van der Waals surface area contributed by atoms with E-state index < -0.39 is 23.5 Å². The predicted octanol–water partition coefficient (Wildman–Crippen LogP) is 3.74. The Labute approximate surface area is 176 Å². The van der Waals surface area contributed by atoms with Crippen molar-refractivity contribution >= 4 is 17.5 Å². The fraction of sp³-hybridized carbons (Fsp3) is 0.435. The third-order valence-corrected chi connectivity index (χ3v) is 4.51.